The van der Waals surface area contributed by atoms with Crippen molar-refractivity contribution in [2.45, 2.75) is 22.7 Å². The van der Waals surface area contributed by atoms with Gasteiger partial charge in [0.05, 0.1) is 27.6 Å². The number of ketones is 1. The van der Waals surface area contributed by atoms with E-state index in [9.17, 15) is 14.7 Å². The van der Waals surface area contributed by atoms with Crippen LogP contribution in [-0.4, -0.2) is 41.8 Å². The van der Waals surface area contributed by atoms with Crippen LogP contribution >= 0.6 is 11.8 Å². The lowest BCUT2D eigenvalue weighted by molar-refractivity contribution is 0.0696. The number of carbonyl (C=O) groups excluding carboxylic acids is 1. The molecule has 0 atom stereocenters. The van der Waals surface area contributed by atoms with Gasteiger partial charge in [0.2, 0.25) is 5.16 Å². The standard InChI is InChI=1S/C19H13N5O3S/c20-11-12-5-7-13(8-6-12)16(25)19(9-10-19)28-18-21-22-23-24(18)15-4-2-1-3-14(15)17(26)27/h1-8H,9-10H2,(H,26,27). The number of Topliss-reactive ketones (excluding diaryl/α,β-unsaturated/α-hetero) is 1. The Labute approximate surface area is 163 Å². The molecule has 0 spiro atoms. The SMILES string of the molecule is N#Cc1ccc(C(=O)C2(Sc3nnnn3-c3ccccc3C(=O)O)CC2)cc1. The van der Waals surface area contributed by atoms with Gasteiger partial charge in [0.15, 0.2) is 5.78 Å². The molecule has 0 amide bonds. The minimum absolute atomic E-state index is 0.0527. The zero-order valence-corrected chi connectivity index (χ0v) is 15.3. The molecule has 0 bridgehead atoms. The Morgan fingerprint density at radius 1 is 1.14 bits per heavy atom. The van der Waals surface area contributed by atoms with Crippen molar-refractivity contribution >= 4 is 23.5 Å². The Morgan fingerprint density at radius 3 is 2.50 bits per heavy atom. The molecule has 3 aromatic rings. The van der Waals surface area contributed by atoms with Gasteiger partial charge in [-0.05, 0) is 47.5 Å². The molecular weight excluding hydrogens is 378 g/mol. The number of benzene rings is 2. The summed E-state index contributed by atoms with van der Waals surface area (Å²) in [7, 11) is 0. The van der Waals surface area contributed by atoms with Crippen LogP contribution in [-0.2, 0) is 0 Å². The average molecular weight is 391 g/mol. The summed E-state index contributed by atoms with van der Waals surface area (Å²) in [6.07, 6.45) is 1.34. The van der Waals surface area contributed by atoms with E-state index in [4.69, 9.17) is 5.26 Å². The Hall–Kier alpha value is -3.51. The smallest absolute Gasteiger partial charge is 0.337 e. The molecule has 1 N–H and O–H groups in total. The zero-order chi connectivity index (χ0) is 19.7. The number of hydrogen-bond acceptors (Lipinski definition) is 7. The van der Waals surface area contributed by atoms with Crippen molar-refractivity contribution < 1.29 is 14.7 Å². The quantitative estimate of drug-likeness (QED) is 0.637. The fourth-order valence-electron chi connectivity index (χ4n) is 2.86. The number of tetrazole rings is 1. The second-order valence-electron chi connectivity index (χ2n) is 6.31. The molecule has 4 rings (SSSR count). The third-order valence-corrected chi connectivity index (χ3v) is 5.91. The van der Waals surface area contributed by atoms with Crippen molar-refractivity contribution in [1.29, 1.82) is 5.26 Å². The number of nitriles is 1. The van der Waals surface area contributed by atoms with Crippen LogP contribution in [0.15, 0.2) is 53.7 Å². The number of aromatic carboxylic acids is 1. The summed E-state index contributed by atoms with van der Waals surface area (Å²) in [6, 6.07) is 15.0. The molecule has 0 radical (unpaired) electrons. The number of thioether (sulfide) groups is 1. The molecule has 1 fully saturated rings. The van der Waals surface area contributed by atoms with Gasteiger partial charge in [-0.2, -0.15) is 9.94 Å². The highest BCUT2D eigenvalue weighted by molar-refractivity contribution is 8.01. The first-order chi connectivity index (χ1) is 13.5. The van der Waals surface area contributed by atoms with Gasteiger partial charge < -0.3 is 5.11 Å². The first-order valence-electron chi connectivity index (χ1n) is 8.39. The van der Waals surface area contributed by atoms with Gasteiger partial charge >= 0.3 is 5.97 Å². The molecule has 0 unspecified atom stereocenters. The van der Waals surface area contributed by atoms with Gasteiger partial charge in [-0.25, -0.2) is 4.79 Å². The van der Waals surface area contributed by atoms with Gasteiger partial charge in [-0.15, -0.1) is 5.10 Å². The predicted octanol–water partition coefficient (Wildman–Crippen LogP) is 2.74. The predicted molar refractivity (Wildman–Crippen MR) is 99.4 cm³/mol. The van der Waals surface area contributed by atoms with E-state index in [2.05, 4.69) is 15.5 Å². The van der Waals surface area contributed by atoms with Gasteiger partial charge in [0, 0.05) is 5.56 Å². The zero-order valence-electron chi connectivity index (χ0n) is 14.4. The molecule has 1 aromatic heterocycles. The normalized spacial score (nSPS) is 14.2. The van der Waals surface area contributed by atoms with E-state index in [1.807, 2.05) is 6.07 Å². The highest BCUT2D eigenvalue weighted by Gasteiger charge is 2.52. The van der Waals surface area contributed by atoms with Crippen molar-refractivity contribution in [2.24, 2.45) is 0 Å². The Kier molecular flexibility index (Phi) is 4.41. The molecule has 9 heteroatoms. The van der Waals surface area contributed by atoms with Gasteiger partial charge in [-0.1, -0.05) is 36.0 Å². The first kappa shape index (κ1) is 17.9. The highest BCUT2D eigenvalue weighted by atomic mass is 32.2. The van der Waals surface area contributed by atoms with E-state index >= 15 is 0 Å². The second-order valence-corrected chi connectivity index (χ2v) is 7.66. The summed E-state index contributed by atoms with van der Waals surface area (Å²) in [6.45, 7) is 0. The number of carboxylic acid groups (broad SMARTS) is 1. The molecule has 1 aliphatic carbocycles. The monoisotopic (exact) mass is 391 g/mol. The number of carbonyl (C=O) groups is 2. The van der Waals surface area contributed by atoms with Crippen LogP contribution in [0.4, 0.5) is 0 Å². The molecule has 0 aliphatic heterocycles. The van der Waals surface area contributed by atoms with Crippen LogP contribution in [0.2, 0.25) is 0 Å². The fraction of sp³-hybridized carbons (Fsp3) is 0.158. The summed E-state index contributed by atoms with van der Waals surface area (Å²) >= 11 is 1.24. The minimum Gasteiger partial charge on any atom is -0.478 e. The van der Waals surface area contributed by atoms with Gasteiger partial charge in [-0.3, -0.25) is 4.79 Å². The van der Waals surface area contributed by atoms with E-state index in [1.165, 1.54) is 22.5 Å². The number of carboxylic acids is 1. The number of hydrogen-bond donors (Lipinski definition) is 1. The lowest BCUT2D eigenvalue weighted by Crippen LogP contribution is -2.20. The summed E-state index contributed by atoms with van der Waals surface area (Å²) in [5.74, 6) is -1.14. The molecule has 1 aliphatic rings. The lowest BCUT2D eigenvalue weighted by atomic mass is 10.1. The van der Waals surface area contributed by atoms with Crippen molar-refractivity contribution in [2.75, 3.05) is 0 Å². The maximum Gasteiger partial charge on any atom is 0.337 e. The third kappa shape index (κ3) is 3.14. The van der Waals surface area contributed by atoms with Crippen LogP contribution in [0.5, 0.6) is 0 Å². The second kappa shape index (κ2) is 6.90. The number of para-hydroxylation sites is 1. The first-order valence-corrected chi connectivity index (χ1v) is 9.21. The van der Waals surface area contributed by atoms with E-state index in [0.29, 0.717) is 34.8 Å². The maximum absolute atomic E-state index is 13.0. The molecular formula is C19H13N5O3S. The Morgan fingerprint density at radius 2 is 1.86 bits per heavy atom. The van der Waals surface area contributed by atoms with Crippen LogP contribution in [0, 0.1) is 11.3 Å². The van der Waals surface area contributed by atoms with Crippen molar-refractivity contribution in [3.05, 3.63) is 65.2 Å². The van der Waals surface area contributed by atoms with E-state index in [0.717, 1.165) is 0 Å². The third-order valence-electron chi connectivity index (χ3n) is 4.48. The number of rotatable bonds is 6. The molecule has 28 heavy (non-hydrogen) atoms. The summed E-state index contributed by atoms with van der Waals surface area (Å²) in [5, 5.41) is 30.3. The van der Waals surface area contributed by atoms with Crippen molar-refractivity contribution in [3.63, 3.8) is 0 Å². The maximum atomic E-state index is 13.0. The van der Waals surface area contributed by atoms with Crippen molar-refractivity contribution in [1.82, 2.24) is 20.2 Å². The van der Waals surface area contributed by atoms with Crippen LogP contribution in [0.25, 0.3) is 5.69 Å². The van der Waals surface area contributed by atoms with Gasteiger partial charge in [0.1, 0.15) is 0 Å². The van der Waals surface area contributed by atoms with E-state index in [-0.39, 0.29) is 11.3 Å². The minimum atomic E-state index is -1.09. The largest absolute Gasteiger partial charge is 0.478 e. The van der Waals surface area contributed by atoms with E-state index < -0.39 is 10.7 Å². The van der Waals surface area contributed by atoms with Crippen LogP contribution in [0.1, 0.15) is 39.1 Å². The van der Waals surface area contributed by atoms with Crippen LogP contribution < -0.4 is 0 Å². The molecule has 0 saturated heterocycles. The molecule has 2 aromatic carbocycles. The number of aromatic nitrogens is 4. The summed E-state index contributed by atoms with van der Waals surface area (Å²) in [5.41, 5.74) is 1.42. The Balaban J connectivity index is 1.64. The summed E-state index contributed by atoms with van der Waals surface area (Å²) < 4.78 is 0.666. The lowest BCUT2D eigenvalue weighted by Gasteiger charge is -2.14. The van der Waals surface area contributed by atoms with Crippen LogP contribution in [0.3, 0.4) is 0 Å². The molecule has 138 valence electrons. The van der Waals surface area contributed by atoms with Crippen molar-refractivity contribution in [3.8, 4) is 11.8 Å². The number of nitrogens with zero attached hydrogens (tertiary/aromatic N) is 5. The highest BCUT2D eigenvalue weighted by Crippen LogP contribution is 2.53. The molecule has 1 heterocycles. The topological polar surface area (TPSA) is 122 Å². The summed E-state index contributed by atoms with van der Waals surface area (Å²) in [4.78, 5) is 24.5. The Bertz CT molecular complexity index is 1110. The van der Waals surface area contributed by atoms with Gasteiger partial charge in [0.25, 0.3) is 0 Å². The fourth-order valence-corrected chi connectivity index (χ4v) is 4.02. The average Bonchev–Trinajstić information content (AvgIpc) is 3.36. The van der Waals surface area contributed by atoms with E-state index in [1.54, 1.807) is 42.5 Å². The molecule has 8 nitrogen and oxygen atoms in total. The molecule has 1 saturated carbocycles.